The SMILES string of the molecule is C[C@H]1c2cccc(Br)c2C[C@H](CO[Si](C)(C)C(C)(C)C)N1C(=O)Cc1cccc(F)c1F. The molecule has 1 amide bonds. The van der Waals surface area contributed by atoms with Crippen LogP contribution in [0.3, 0.4) is 0 Å². The molecule has 3 rings (SSSR count). The molecule has 0 N–H and O–H groups in total. The van der Waals surface area contributed by atoms with E-state index in [1.807, 2.05) is 30.0 Å². The number of hydrogen-bond acceptors (Lipinski definition) is 2. The van der Waals surface area contributed by atoms with Crippen LogP contribution in [0.5, 0.6) is 0 Å². The molecule has 0 aliphatic carbocycles. The molecule has 2 aromatic carbocycles. The van der Waals surface area contributed by atoms with Gasteiger partial charge in [-0.25, -0.2) is 8.78 Å². The molecule has 0 fully saturated rings. The van der Waals surface area contributed by atoms with Crippen LogP contribution in [0.1, 0.15) is 50.4 Å². The molecule has 7 heteroatoms. The lowest BCUT2D eigenvalue weighted by Gasteiger charge is -2.44. The molecule has 32 heavy (non-hydrogen) atoms. The van der Waals surface area contributed by atoms with Gasteiger partial charge in [-0.2, -0.15) is 0 Å². The fraction of sp³-hybridized carbons (Fsp3) is 0.480. The van der Waals surface area contributed by atoms with Crippen molar-refractivity contribution in [3.05, 3.63) is 69.2 Å². The number of carbonyl (C=O) groups excluding carboxylic acids is 1. The van der Waals surface area contributed by atoms with Crippen LogP contribution in [0.25, 0.3) is 0 Å². The maximum atomic E-state index is 14.3. The first kappa shape index (κ1) is 25.1. The Labute approximate surface area is 199 Å². The lowest BCUT2D eigenvalue weighted by Crippen LogP contribution is -2.52. The molecule has 3 nitrogen and oxygen atoms in total. The lowest BCUT2D eigenvalue weighted by molar-refractivity contribution is -0.137. The zero-order chi connectivity index (χ0) is 23.8. The van der Waals surface area contributed by atoms with E-state index in [9.17, 15) is 13.6 Å². The number of rotatable bonds is 5. The molecule has 1 heterocycles. The van der Waals surface area contributed by atoms with Gasteiger partial charge in [-0.05, 0) is 54.7 Å². The third-order valence-corrected chi connectivity index (χ3v) is 12.2. The van der Waals surface area contributed by atoms with Crippen molar-refractivity contribution >= 4 is 30.2 Å². The van der Waals surface area contributed by atoms with Gasteiger partial charge in [-0.3, -0.25) is 4.79 Å². The fourth-order valence-electron chi connectivity index (χ4n) is 4.00. The molecule has 0 unspecified atom stereocenters. The van der Waals surface area contributed by atoms with E-state index in [4.69, 9.17) is 4.43 Å². The molecule has 2 aromatic rings. The molecule has 0 saturated heterocycles. The Balaban J connectivity index is 1.93. The topological polar surface area (TPSA) is 29.5 Å². The predicted octanol–water partition coefficient (Wildman–Crippen LogP) is 6.81. The second kappa shape index (κ2) is 9.35. The highest BCUT2D eigenvalue weighted by Gasteiger charge is 2.41. The molecule has 1 aliphatic rings. The number of hydrogen-bond donors (Lipinski definition) is 0. The van der Waals surface area contributed by atoms with Crippen LogP contribution in [0, 0.1) is 11.6 Å². The van der Waals surface area contributed by atoms with E-state index in [1.165, 1.54) is 17.7 Å². The van der Waals surface area contributed by atoms with E-state index in [0.29, 0.717) is 13.0 Å². The average Bonchev–Trinajstić information content (AvgIpc) is 2.70. The maximum absolute atomic E-state index is 14.3. The first-order valence-electron chi connectivity index (χ1n) is 11.0. The van der Waals surface area contributed by atoms with Gasteiger partial charge in [0.25, 0.3) is 0 Å². The van der Waals surface area contributed by atoms with E-state index in [-0.39, 0.29) is 35.0 Å². The second-order valence-corrected chi connectivity index (χ2v) is 15.8. The van der Waals surface area contributed by atoms with E-state index in [1.54, 1.807) is 0 Å². The highest BCUT2D eigenvalue weighted by molar-refractivity contribution is 9.10. The minimum atomic E-state index is -2.03. The van der Waals surface area contributed by atoms with Gasteiger partial charge >= 0.3 is 0 Å². The van der Waals surface area contributed by atoms with E-state index in [0.717, 1.165) is 16.1 Å². The Hall–Kier alpha value is -1.57. The van der Waals surface area contributed by atoms with E-state index < -0.39 is 20.0 Å². The van der Waals surface area contributed by atoms with Crippen molar-refractivity contribution in [3.63, 3.8) is 0 Å². The van der Waals surface area contributed by atoms with Gasteiger partial charge in [0.15, 0.2) is 20.0 Å². The highest BCUT2D eigenvalue weighted by atomic mass is 79.9. The zero-order valence-electron chi connectivity index (χ0n) is 19.6. The van der Waals surface area contributed by atoms with Crippen molar-refractivity contribution < 1.29 is 18.0 Å². The summed E-state index contributed by atoms with van der Waals surface area (Å²) < 4.78 is 35.5. The normalized spacial score (nSPS) is 19.1. The summed E-state index contributed by atoms with van der Waals surface area (Å²) in [7, 11) is -2.03. The highest BCUT2D eigenvalue weighted by Crippen LogP contribution is 2.40. The van der Waals surface area contributed by atoms with Gasteiger partial charge in [0.05, 0.1) is 25.1 Å². The van der Waals surface area contributed by atoms with Crippen LogP contribution in [-0.4, -0.2) is 31.8 Å². The zero-order valence-corrected chi connectivity index (χ0v) is 22.2. The number of amides is 1. The quantitative estimate of drug-likeness (QED) is 0.403. The summed E-state index contributed by atoms with van der Waals surface area (Å²) in [6.45, 7) is 13.3. The van der Waals surface area contributed by atoms with Gasteiger partial charge < -0.3 is 9.33 Å². The molecule has 0 saturated carbocycles. The van der Waals surface area contributed by atoms with Crippen LogP contribution in [0.15, 0.2) is 40.9 Å². The molecule has 1 aliphatic heterocycles. The molecule has 0 aromatic heterocycles. The fourth-order valence-corrected chi connectivity index (χ4v) is 5.59. The molecular formula is C25H32BrF2NO2Si. The lowest BCUT2D eigenvalue weighted by atomic mass is 9.88. The molecule has 0 radical (unpaired) electrons. The second-order valence-electron chi connectivity index (χ2n) is 10.1. The van der Waals surface area contributed by atoms with Crippen molar-refractivity contribution in [3.8, 4) is 0 Å². The van der Waals surface area contributed by atoms with E-state index in [2.05, 4.69) is 49.8 Å². The number of fused-ring (bicyclic) bond motifs is 1. The summed E-state index contributed by atoms with van der Waals surface area (Å²) in [5.74, 6) is -2.12. The summed E-state index contributed by atoms with van der Waals surface area (Å²) in [6.07, 6.45) is 0.459. The Bertz CT molecular complexity index is 1010. The van der Waals surface area contributed by atoms with Crippen LogP contribution in [0.2, 0.25) is 18.1 Å². The largest absolute Gasteiger partial charge is 0.415 e. The number of halogens is 3. The van der Waals surface area contributed by atoms with Crippen LogP contribution >= 0.6 is 15.9 Å². The Morgan fingerprint density at radius 3 is 2.50 bits per heavy atom. The first-order chi connectivity index (χ1) is 14.8. The van der Waals surface area contributed by atoms with Crippen LogP contribution < -0.4 is 0 Å². The van der Waals surface area contributed by atoms with Gasteiger partial charge in [0, 0.05) is 10.0 Å². The smallest absolute Gasteiger partial charge is 0.227 e. The third kappa shape index (κ3) is 5.00. The number of nitrogens with zero attached hydrogens (tertiary/aromatic N) is 1. The maximum Gasteiger partial charge on any atom is 0.227 e. The van der Waals surface area contributed by atoms with Gasteiger partial charge in [-0.1, -0.05) is 61.0 Å². The predicted molar refractivity (Wildman–Crippen MR) is 130 cm³/mol. The minimum Gasteiger partial charge on any atom is -0.415 e. The first-order valence-corrected chi connectivity index (χ1v) is 14.7. The average molecular weight is 525 g/mol. The van der Waals surface area contributed by atoms with Crippen molar-refractivity contribution in [2.75, 3.05) is 6.61 Å². The Kier molecular flexibility index (Phi) is 7.32. The standard InChI is InChI=1S/C25H32BrF2NO2Si/c1-16-19-10-8-11-21(26)20(19)14-18(15-31-32(5,6)25(2,3)4)29(16)23(30)13-17-9-7-12-22(27)24(17)28/h7-12,16,18H,13-15H2,1-6H3/t16-,18+/m0/s1. The number of carbonyl (C=O) groups is 1. The van der Waals surface area contributed by atoms with E-state index >= 15 is 0 Å². The number of benzene rings is 2. The minimum absolute atomic E-state index is 0.0469. The van der Waals surface area contributed by atoms with Crippen molar-refractivity contribution in [1.82, 2.24) is 4.90 Å². The Morgan fingerprint density at radius 1 is 1.19 bits per heavy atom. The summed E-state index contributed by atoms with van der Waals surface area (Å²) in [6, 6.07) is 9.58. The van der Waals surface area contributed by atoms with Crippen LogP contribution in [-0.2, 0) is 22.1 Å². The molecular weight excluding hydrogens is 492 g/mol. The molecule has 174 valence electrons. The third-order valence-electron chi connectivity index (χ3n) is 6.96. The summed E-state index contributed by atoms with van der Waals surface area (Å²) in [5.41, 5.74) is 2.31. The molecule has 2 atom stereocenters. The van der Waals surface area contributed by atoms with Gasteiger partial charge in [-0.15, -0.1) is 0 Å². The Morgan fingerprint density at radius 2 is 1.84 bits per heavy atom. The van der Waals surface area contributed by atoms with Crippen molar-refractivity contribution in [2.24, 2.45) is 0 Å². The summed E-state index contributed by atoms with van der Waals surface area (Å²) in [4.78, 5) is 15.3. The molecule has 0 spiro atoms. The monoisotopic (exact) mass is 523 g/mol. The van der Waals surface area contributed by atoms with Crippen LogP contribution in [0.4, 0.5) is 8.78 Å². The summed E-state index contributed by atoms with van der Waals surface area (Å²) in [5, 5.41) is 0.0469. The van der Waals surface area contributed by atoms with Gasteiger partial charge in [0.2, 0.25) is 5.91 Å². The van der Waals surface area contributed by atoms with Gasteiger partial charge in [0.1, 0.15) is 0 Å². The summed E-state index contributed by atoms with van der Waals surface area (Å²) >= 11 is 3.66. The van der Waals surface area contributed by atoms with Crippen molar-refractivity contribution in [1.29, 1.82) is 0 Å². The van der Waals surface area contributed by atoms with Crippen molar-refractivity contribution in [2.45, 2.75) is 70.8 Å². The molecule has 0 bridgehead atoms.